The molecule has 0 bridgehead atoms. The Kier molecular flexibility index (Phi) is 2.30. The summed E-state index contributed by atoms with van der Waals surface area (Å²) in [5, 5.41) is 18.2. The van der Waals surface area contributed by atoms with Gasteiger partial charge in [0.15, 0.2) is 0 Å². The molecule has 1 unspecified atom stereocenters. The van der Waals surface area contributed by atoms with Crippen LogP contribution in [0.1, 0.15) is 12.0 Å². The van der Waals surface area contributed by atoms with Crippen LogP contribution in [0, 0.1) is 17.2 Å². The quantitative estimate of drug-likeness (QED) is 0.780. The van der Waals surface area contributed by atoms with Crippen molar-refractivity contribution in [2.45, 2.75) is 10.8 Å². The van der Waals surface area contributed by atoms with Gasteiger partial charge in [0, 0.05) is 12.5 Å². The third-order valence-electron chi connectivity index (χ3n) is 2.24. The lowest BCUT2D eigenvalue weighted by atomic mass is 10.3. The lowest BCUT2D eigenvalue weighted by Gasteiger charge is -2.03. The molecular weight excluding hydrogens is 223 g/mol. The number of anilines is 1. The number of nitrogens with one attached hydrogen (secondary N) is 2. The number of halogens is 2. The van der Waals surface area contributed by atoms with Gasteiger partial charge < -0.3 is 5.32 Å². The molecule has 1 aromatic rings. The molecule has 0 spiro atoms. The molecule has 2 N–H and O–H groups in total. The van der Waals surface area contributed by atoms with E-state index in [2.05, 4.69) is 15.5 Å². The summed E-state index contributed by atoms with van der Waals surface area (Å²) in [6, 6.07) is 2.02. The lowest BCUT2D eigenvalue weighted by Crippen LogP contribution is -2.08. The Morgan fingerprint density at radius 1 is 1.79 bits per heavy atom. The predicted octanol–water partition coefficient (Wildman–Crippen LogP) is 1.89. The predicted molar refractivity (Wildman–Crippen MR) is 54.3 cm³/mol. The van der Waals surface area contributed by atoms with Gasteiger partial charge in [-0.15, -0.1) is 23.2 Å². The van der Waals surface area contributed by atoms with Gasteiger partial charge in [0.2, 0.25) is 0 Å². The number of H-pyrrole nitrogens is 1. The van der Waals surface area contributed by atoms with Crippen LogP contribution in [0.4, 0.5) is 5.82 Å². The second kappa shape index (κ2) is 3.34. The van der Waals surface area contributed by atoms with Gasteiger partial charge in [0.25, 0.3) is 0 Å². The van der Waals surface area contributed by atoms with Crippen molar-refractivity contribution in [3.8, 4) is 6.07 Å². The van der Waals surface area contributed by atoms with E-state index in [0.29, 0.717) is 17.9 Å². The maximum atomic E-state index is 8.69. The average Bonchev–Trinajstić information content (AvgIpc) is 2.62. The van der Waals surface area contributed by atoms with Crippen LogP contribution in [0.25, 0.3) is 0 Å². The van der Waals surface area contributed by atoms with Crippen LogP contribution in [0.15, 0.2) is 6.20 Å². The Bertz CT molecular complexity index is 379. The van der Waals surface area contributed by atoms with Gasteiger partial charge in [0.1, 0.15) is 21.8 Å². The Morgan fingerprint density at radius 3 is 3.07 bits per heavy atom. The zero-order valence-corrected chi connectivity index (χ0v) is 8.73. The smallest absolute Gasteiger partial charge is 0.139 e. The van der Waals surface area contributed by atoms with E-state index >= 15 is 0 Å². The van der Waals surface area contributed by atoms with E-state index in [1.54, 1.807) is 0 Å². The van der Waals surface area contributed by atoms with Crippen molar-refractivity contribution in [3.05, 3.63) is 11.8 Å². The summed E-state index contributed by atoms with van der Waals surface area (Å²) in [7, 11) is 0. The third kappa shape index (κ3) is 1.79. The van der Waals surface area contributed by atoms with Crippen molar-refractivity contribution in [2.75, 3.05) is 11.9 Å². The molecule has 6 heteroatoms. The van der Waals surface area contributed by atoms with Gasteiger partial charge in [-0.3, -0.25) is 5.10 Å². The third-order valence-corrected chi connectivity index (χ3v) is 3.17. The van der Waals surface area contributed by atoms with Crippen LogP contribution in [0.2, 0.25) is 0 Å². The summed E-state index contributed by atoms with van der Waals surface area (Å²) in [6.07, 6.45) is 2.27. The topological polar surface area (TPSA) is 64.5 Å². The Morgan fingerprint density at radius 2 is 2.50 bits per heavy atom. The molecule has 14 heavy (non-hydrogen) atoms. The van der Waals surface area contributed by atoms with Gasteiger partial charge in [-0.25, -0.2) is 0 Å². The summed E-state index contributed by atoms with van der Waals surface area (Å²) < 4.78 is -0.584. The lowest BCUT2D eigenvalue weighted by molar-refractivity contribution is 0.866. The molecule has 2 rings (SSSR count). The van der Waals surface area contributed by atoms with Crippen molar-refractivity contribution < 1.29 is 0 Å². The van der Waals surface area contributed by atoms with Crippen LogP contribution in [-0.4, -0.2) is 21.1 Å². The molecule has 1 heterocycles. The number of alkyl halides is 2. The normalized spacial score (nSPS) is 22.8. The number of rotatable bonds is 3. The molecular formula is C8H8Cl2N4. The Hall–Kier alpha value is -0.920. The van der Waals surface area contributed by atoms with Crippen molar-refractivity contribution in [1.29, 1.82) is 5.26 Å². The van der Waals surface area contributed by atoms with E-state index in [1.165, 1.54) is 6.20 Å². The van der Waals surface area contributed by atoms with Crippen LogP contribution in [0.5, 0.6) is 0 Å². The first-order valence-corrected chi connectivity index (χ1v) is 4.94. The van der Waals surface area contributed by atoms with Gasteiger partial charge >= 0.3 is 0 Å². The highest BCUT2D eigenvalue weighted by molar-refractivity contribution is 6.50. The maximum absolute atomic E-state index is 8.69. The van der Waals surface area contributed by atoms with E-state index in [4.69, 9.17) is 28.5 Å². The first-order chi connectivity index (χ1) is 6.63. The number of nitrogens with zero attached hydrogens (tertiary/aromatic N) is 2. The summed E-state index contributed by atoms with van der Waals surface area (Å²) in [5.41, 5.74) is 0.500. The Balaban J connectivity index is 1.91. The molecule has 1 saturated carbocycles. The first kappa shape index (κ1) is 9.63. The van der Waals surface area contributed by atoms with E-state index in [-0.39, 0.29) is 5.92 Å². The fourth-order valence-corrected chi connectivity index (χ4v) is 1.75. The van der Waals surface area contributed by atoms with Gasteiger partial charge in [0.05, 0.1) is 6.20 Å². The molecule has 1 atom stereocenters. The number of hydrogen-bond donors (Lipinski definition) is 2. The van der Waals surface area contributed by atoms with Gasteiger partial charge in [-0.2, -0.15) is 10.4 Å². The van der Waals surface area contributed by atoms with Crippen LogP contribution in [0.3, 0.4) is 0 Å². The van der Waals surface area contributed by atoms with E-state index < -0.39 is 4.33 Å². The summed E-state index contributed by atoms with van der Waals surface area (Å²) in [4.78, 5) is 0. The first-order valence-electron chi connectivity index (χ1n) is 4.18. The average molecular weight is 231 g/mol. The van der Waals surface area contributed by atoms with Crippen LogP contribution < -0.4 is 5.32 Å². The Labute approximate surface area is 91.2 Å². The minimum absolute atomic E-state index is 0.251. The molecule has 0 aromatic carbocycles. The zero-order chi connectivity index (χ0) is 10.2. The molecule has 1 aromatic heterocycles. The molecule has 0 amide bonds. The van der Waals surface area contributed by atoms with E-state index in [9.17, 15) is 0 Å². The van der Waals surface area contributed by atoms with E-state index in [1.807, 2.05) is 6.07 Å². The second-order valence-corrected chi connectivity index (χ2v) is 4.86. The van der Waals surface area contributed by atoms with Crippen molar-refractivity contribution in [2.24, 2.45) is 5.92 Å². The fraction of sp³-hybridized carbons (Fsp3) is 0.500. The van der Waals surface area contributed by atoms with Crippen LogP contribution >= 0.6 is 23.2 Å². The number of nitriles is 1. The van der Waals surface area contributed by atoms with E-state index in [0.717, 1.165) is 6.42 Å². The van der Waals surface area contributed by atoms with Crippen molar-refractivity contribution >= 4 is 29.0 Å². The minimum Gasteiger partial charge on any atom is -0.369 e. The monoisotopic (exact) mass is 230 g/mol. The summed E-state index contributed by atoms with van der Waals surface area (Å²) >= 11 is 11.7. The largest absolute Gasteiger partial charge is 0.369 e. The number of hydrogen-bond acceptors (Lipinski definition) is 3. The van der Waals surface area contributed by atoms with Crippen molar-refractivity contribution in [1.82, 2.24) is 10.2 Å². The molecule has 4 nitrogen and oxygen atoms in total. The van der Waals surface area contributed by atoms with Gasteiger partial charge in [-0.05, 0) is 6.42 Å². The minimum atomic E-state index is -0.584. The highest BCUT2D eigenvalue weighted by atomic mass is 35.5. The standard InChI is InChI=1S/C8H8Cl2N4/c9-8(10)1-6(8)4-12-7-5(2-11)3-13-14-7/h3,6H,1,4H2,(H2,12,13,14). The second-order valence-electron chi connectivity index (χ2n) is 3.31. The molecule has 0 aliphatic heterocycles. The molecule has 0 saturated heterocycles. The highest BCUT2D eigenvalue weighted by Crippen LogP contribution is 2.52. The molecule has 1 aliphatic rings. The molecule has 74 valence electrons. The zero-order valence-electron chi connectivity index (χ0n) is 7.22. The number of aromatic amines is 1. The molecule has 1 fully saturated rings. The van der Waals surface area contributed by atoms with Crippen LogP contribution in [-0.2, 0) is 0 Å². The summed E-state index contributed by atoms with van der Waals surface area (Å²) in [5.74, 6) is 0.879. The number of aromatic nitrogens is 2. The van der Waals surface area contributed by atoms with Crippen molar-refractivity contribution in [3.63, 3.8) is 0 Å². The maximum Gasteiger partial charge on any atom is 0.139 e. The fourth-order valence-electron chi connectivity index (χ4n) is 1.22. The highest BCUT2D eigenvalue weighted by Gasteiger charge is 2.51. The molecule has 0 radical (unpaired) electrons. The SMILES string of the molecule is N#Cc1cn[nH]c1NCC1CC1(Cl)Cl. The molecule has 1 aliphatic carbocycles. The summed E-state index contributed by atoms with van der Waals surface area (Å²) in [6.45, 7) is 0.657. The van der Waals surface area contributed by atoms with Gasteiger partial charge in [-0.1, -0.05) is 0 Å².